The third-order valence-electron chi connectivity index (χ3n) is 11.6. The maximum atomic E-state index is 14.3. The number of benzene rings is 2. The van der Waals surface area contributed by atoms with Gasteiger partial charge in [-0.05, 0) is 54.7 Å². The molecule has 0 saturated heterocycles. The van der Waals surface area contributed by atoms with Crippen molar-refractivity contribution in [2.24, 2.45) is 17.9 Å². The zero-order valence-corrected chi connectivity index (χ0v) is 29.1. The Balaban J connectivity index is 1.32. The van der Waals surface area contributed by atoms with Gasteiger partial charge in [0, 0.05) is 43.5 Å². The van der Waals surface area contributed by atoms with Gasteiger partial charge in [-0.3, -0.25) is 14.4 Å². The number of phenolic OH excluding ortho intramolecular Hbond substituents is 1. The van der Waals surface area contributed by atoms with Crippen LogP contribution in [0.15, 0.2) is 73.6 Å². The minimum absolute atomic E-state index is 0.00322. The lowest BCUT2D eigenvalue weighted by Crippen LogP contribution is -2.61. The van der Waals surface area contributed by atoms with E-state index in [0.717, 1.165) is 15.7 Å². The highest BCUT2D eigenvalue weighted by Crippen LogP contribution is 2.66. The average Bonchev–Trinajstić information content (AvgIpc) is 3.36. The van der Waals surface area contributed by atoms with Crippen molar-refractivity contribution in [3.63, 3.8) is 0 Å². The Morgan fingerprint density at radius 2 is 1.56 bits per heavy atom. The zero-order chi connectivity index (χ0) is 36.0. The number of fused-ring (bicyclic) bond motifs is 5. The van der Waals surface area contributed by atoms with Gasteiger partial charge < -0.3 is 19.1 Å². The van der Waals surface area contributed by atoms with Gasteiger partial charge in [0.1, 0.15) is 11.4 Å². The summed E-state index contributed by atoms with van der Waals surface area (Å²) in [7, 11) is 4.62. The molecule has 0 bridgehead atoms. The third-order valence-corrected chi connectivity index (χ3v) is 11.6. The summed E-state index contributed by atoms with van der Waals surface area (Å²) in [6, 6.07) is 9.20. The number of carbonyl (C=O) groups excluding carboxylic acids is 2. The molecule has 13 heteroatoms. The number of methoxy groups -OCH3 is 2. The van der Waals surface area contributed by atoms with Crippen molar-refractivity contribution in [2.75, 3.05) is 14.2 Å². The standard InChI is InChI=1S/C37H39N5O8/c1-19-20(2)32(45)37(4)30(21-8-10-22(43)11-9-21)23-12-15-41-34(47)40(35(48)42(41)27(23)18-36(37,3)31(19)44)14-13-24-33(46)39(5)26-17-29(50-7)28(49-6)16-25(26)38-24/h8-12,16-17,27,30,43H,13-15,18H2,1-7H3/t27-,30+,36+,37-/m1/s1. The van der Waals surface area contributed by atoms with Crippen molar-refractivity contribution >= 4 is 22.6 Å². The molecule has 0 spiro atoms. The van der Waals surface area contributed by atoms with E-state index in [-0.39, 0.29) is 54.5 Å². The second-order valence-corrected chi connectivity index (χ2v) is 13.9. The summed E-state index contributed by atoms with van der Waals surface area (Å²) in [6.45, 7) is 6.93. The van der Waals surface area contributed by atoms with Crippen LogP contribution in [-0.2, 0) is 36.1 Å². The molecule has 13 nitrogen and oxygen atoms in total. The van der Waals surface area contributed by atoms with E-state index in [2.05, 4.69) is 4.98 Å². The SMILES string of the molecule is COc1cc2nc(CCn3c(=O)n4n(c3=O)[C@@H]3C[C@@]5(C)C(=O)C(C)=C(C)C(=O)[C@@]5(C)[C@@H](c5ccc(O)cc5)C3=CC4)c(=O)n(C)c2cc1OC. The fourth-order valence-corrected chi connectivity index (χ4v) is 8.57. The largest absolute Gasteiger partial charge is 0.508 e. The second kappa shape index (κ2) is 11.3. The Hall–Kier alpha value is -5.46. The molecule has 1 N–H and O–H groups in total. The molecule has 0 radical (unpaired) electrons. The number of carbonyl (C=O) groups is 2. The highest BCUT2D eigenvalue weighted by molar-refractivity contribution is 6.17. The molecule has 1 aliphatic heterocycles. The average molecular weight is 682 g/mol. The van der Waals surface area contributed by atoms with Crippen molar-refractivity contribution < 1.29 is 24.2 Å². The van der Waals surface area contributed by atoms with E-state index in [9.17, 15) is 29.1 Å². The molecule has 4 aromatic rings. The molecule has 50 heavy (non-hydrogen) atoms. The van der Waals surface area contributed by atoms with E-state index in [1.165, 1.54) is 28.2 Å². The molecule has 0 amide bonds. The smallest absolute Gasteiger partial charge is 0.347 e. The Labute approximate surface area is 286 Å². The number of phenols is 1. The third kappa shape index (κ3) is 4.31. The lowest BCUT2D eigenvalue weighted by Gasteiger charge is -2.58. The fourth-order valence-electron chi connectivity index (χ4n) is 8.57. The number of aromatic nitrogens is 5. The van der Waals surface area contributed by atoms with Crippen molar-refractivity contribution in [3.05, 3.63) is 102 Å². The monoisotopic (exact) mass is 681 g/mol. The van der Waals surface area contributed by atoms with Gasteiger partial charge in [0.05, 0.1) is 43.3 Å². The number of ether oxygens (including phenoxy) is 2. The summed E-state index contributed by atoms with van der Waals surface area (Å²) in [4.78, 5) is 74.6. The van der Waals surface area contributed by atoms with Crippen LogP contribution >= 0.6 is 0 Å². The minimum atomic E-state index is -1.22. The van der Waals surface area contributed by atoms with E-state index in [4.69, 9.17) is 9.47 Å². The summed E-state index contributed by atoms with van der Waals surface area (Å²) in [6.07, 6.45) is 2.02. The molecule has 2 aromatic carbocycles. The molecule has 0 unspecified atom stereocenters. The van der Waals surface area contributed by atoms with Crippen LogP contribution in [0.4, 0.5) is 0 Å². The van der Waals surface area contributed by atoms with Gasteiger partial charge in [0.25, 0.3) is 5.56 Å². The van der Waals surface area contributed by atoms with Gasteiger partial charge in [-0.25, -0.2) is 28.5 Å². The lowest BCUT2D eigenvalue weighted by molar-refractivity contribution is -0.151. The Kier molecular flexibility index (Phi) is 7.46. The number of aromatic hydroxyl groups is 1. The number of nitrogens with zero attached hydrogens (tertiary/aromatic N) is 5. The summed E-state index contributed by atoms with van der Waals surface area (Å²) in [5.74, 6) is 0.0213. The van der Waals surface area contributed by atoms with Gasteiger partial charge in [-0.2, -0.15) is 0 Å². The van der Waals surface area contributed by atoms with Crippen LogP contribution < -0.4 is 26.4 Å². The van der Waals surface area contributed by atoms with Gasteiger partial charge in [-0.1, -0.05) is 32.1 Å². The second-order valence-electron chi connectivity index (χ2n) is 13.9. The Morgan fingerprint density at radius 1 is 0.920 bits per heavy atom. The van der Waals surface area contributed by atoms with Gasteiger partial charge in [0.15, 0.2) is 23.1 Å². The molecule has 3 aliphatic rings. The molecule has 2 aromatic heterocycles. The molecule has 3 heterocycles. The molecule has 1 fully saturated rings. The van der Waals surface area contributed by atoms with Crippen LogP contribution in [0.3, 0.4) is 0 Å². The number of aryl methyl sites for hydroxylation is 2. The van der Waals surface area contributed by atoms with E-state index in [1.807, 2.05) is 13.0 Å². The first-order valence-corrected chi connectivity index (χ1v) is 16.5. The molecule has 4 atom stereocenters. The molecule has 2 aliphatic carbocycles. The molecule has 260 valence electrons. The maximum Gasteiger partial charge on any atom is 0.347 e. The quantitative estimate of drug-likeness (QED) is 0.302. The number of hydrogen-bond acceptors (Lipinski definition) is 9. The first kappa shape index (κ1) is 33.1. The maximum absolute atomic E-state index is 14.3. The summed E-state index contributed by atoms with van der Waals surface area (Å²) >= 11 is 0. The molecule has 7 rings (SSSR count). The highest BCUT2D eigenvalue weighted by atomic mass is 16.5. The predicted molar refractivity (Wildman–Crippen MR) is 184 cm³/mol. The Morgan fingerprint density at radius 3 is 2.22 bits per heavy atom. The summed E-state index contributed by atoms with van der Waals surface area (Å²) in [5, 5.41) is 10.1. The normalized spacial score (nSPS) is 24.5. The Bertz CT molecular complexity index is 2390. The molecular weight excluding hydrogens is 642 g/mol. The van der Waals surface area contributed by atoms with Crippen molar-refractivity contribution in [1.29, 1.82) is 0 Å². The number of ketones is 2. The lowest BCUT2D eigenvalue weighted by atomic mass is 9.43. The molecule has 1 saturated carbocycles. The van der Waals surface area contributed by atoms with Crippen molar-refractivity contribution in [1.82, 2.24) is 23.5 Å². The van der Waals surface area contributed by atoms with Crippen LogP contribution in [0.1, 0.15) is 57.3 Å². The van der Waals surface area contributed by atoms with E-state index in [1.54, 1.807) is 64.2 Å². The minimum Gasteiger partial charge on any atom is -0.508 e. The van der Waals surface area contributed by atoms with Gasteiger partial charge in [0.2, 0.25) is 0 Å². The molecular formula is C37H39N5O8. The summed E-state index contributed by atoms with van der Waals surface area (Å²) in [5.41, 5.74) is -0.442. The van der Waals surface area contributed by atoms with E-state index in [0.29, 0.717) is 33.7 Å². The van der Waals surface area contributed by atoms with Crippen LogP contribution in [0.25, 0.3) is 11.0 Å². The van der Waals surface area contributed by atoms with E-state index < -0.39 is 34.2 Å². The van der Waals surface area contributed by atoms with Gasteiger partial charge >= 0.3 is 11.4 Å². The number of allylic oxidation sites excluding steroid dienone is 4. The van der Waals surface area contributed by atoms with Crippen LogP contribution in [-0.4, -0.2) is 54.4 Å². The van der Waals surface area contributed by atoms with Gasteiger partial charge in [-0.15, -0.1) is 0 Å². The predicted octanol–water partition coefficient (Wildman–Crippen LogP) is 3.19. The zero-order valence-electron chi connectivity index (χ0n) is 29.1. The van der Waals surface area contributed by atoms with Crippen LogP contribution in [0.2, 0.25) is 0 Å². The highest BCUT2D eigenvalue weighted by Gasteiger charge is 2.66. The topological polar surface area (TPSA) is 157 Å². The first-order chi connectivity index (χ1) is 23.7. The summed E-state index contributed by atoms with van der Waals surface area (Å²) < 4.78 is 16.1. The first-order valence-electron chi connectivity index (χ1n) is 16.5. The fraction of sp³-hybridized carbons (Fsp3) is 0.405. The number of hydrogen-bond donors (Lipinski definition) is 1. The van der Waals surface area contributed by atoms with Crippen LogP contribution in [0, 0.1) is 10.8 Å². The van der Waals surface area contributed by atoms with Crippen molar-refractivity contribution in [2.45, 2.75) is 65.6 Å². The van der Waals surface area contributed by atoms with E-state index >= 15 is 0 Å². The van der Waals surface area contributed by atoms with Crippen molar-refractivity contribution in [3.8, 4) is 17.2 Å². The van der Waals surface area contributed by atoms with Crippen LogP contribution in [0.5, 0.6) is 17.2 Å². The number of Topliss-reactive ketones (excluding diaryl/α,β-unsaturated/α-hetero) is 2. The number of rotatable bonds is 6.